The van der Waals surface area contributed by atoms with Crippen LogP contribution in [-0.4, -0.2) is 51.7 Å². The van der Waals surface area contributed by atoms with E-state index < -0.39 is 28.5 Å². The van der Waals surface area contributed by atoms with Crippen LogP contribution in [0.1, 0.15) is 31.2 Å². The molecule has 4 rings (SSSR count). The zero-order valence-electron chi connectivity index (χ0n) is 12.5. The van der Waals surface area contributed by atoms with Gasteiger partial charge in [-0.15, -0.1) is 4.28 Å². The van der Waals surface area contributed by atoms with Gasteiger partial charge in [0.2, 0.25) is 0 Å². The van der Waals surface area contributed by atoms with E-state index in [1.165, 1.54) is 4.90 Å². The summed E-state index contributed by atoms with van der Waals surface area (Å²) in [4.78, 5) is 13.8. The van der Waals surface area contributed by atoms with Crippen molar-refractivity contribution in [1.29, 1.82) is 0 Å². The molecule has 1 aromatic heterocycles. The molecule has 2 atom stereocenters. The molecule has 2 amide bonds. The smallest absolute Gasteiger partial charge is 0.611 e. The Bertz CT molecular complexity index is 695. The van der Waals surface area contributed by atoms with Gasteiger partial charge in [-0.2, -0.15) is 13.5 Å². The fourth-order valence-electron chi connectivity index (χ4n) is 3.33. The van der Waals surface area contributed by atoms with E-state index >= 15 is 0 Å². The number of amides is 2. The van der Waals surface area contributed by atoms with Gasteiger partial charge < -0.3 is 16.7 Å². The topological polar surface area (TPSA) is 126 Å². The number of carbonyl (C=O) groups excluding carboxylic acids is 1. The van der Waals surface area contributed by atoms with Crippen LogP contribution >= 0.6 is 0 Å². The van der Waals surface area contributed by atoms with E-state index in [1.54, 1.807) is 0 Å². The quantitative estimate of drug-likeness (QED) is 0.355. The Balaban J connectivity index is 0.000000960. The van der Waals surface area contributed by atoms with Crippen LogP contribution in [0.15, 0.2) is 4.42 Å². The van der Waals surface area contributed by atoms with Crippen molar-refractivity contribution in [2.45, 2.75) is 31.3 Å². The Morgan fingerprint density at radius 2 is 2.08 bits per heavy atom. The Morgan fingerprint density at radius 1 is 1.42 bits per heavy atom. The standard InChI is InChI=1S/C10H11N4O6S.CH3.2W/c15-9-13-4-7(14(9)20-21(16,17)18)10(1-2-10)3-6(13)8-12-11-5-19-8;;;/h6-7H,1-4H2,(H,16,17,18);1H3;;/q2*-1;;+2/t6-,7?;;;/m0.../s1. The summed E-state index contributed by atoms with van der Waals surface area (Å²) in [6.45, 7) is 0.293. The minimum absolute atomic E-state index is 0. The average molecular weight is 698 g/mol. The summed E-state index contributed by atoms with van der Waals surface area (Å²) in [5.41, 5.74) is -0.230. The second-order valence-corrected chi connectivity index (χ2v) is 6.60. The molecular formula is C11H14N4O6SW2. The number of fused-ring (bicyclic) bond motifs is 3. The number of carbonyl (C=O) groups is 1. The molecule has 132 valence electrons. The number of rotatable bonds is 3. The molecule has 1 N–H and O–H groups in total. The number of aromatic nitrogens is 2. The molecule has 2 aliphatic heterocycles. The van der Waals surface area contributed by atoms with E-state index in [-0.39, 0.29) is 60.9 Å². The van der Waals surface area contributed by atoms with Gasteiger partial charge in [0.1, 0.15) is 0 Å². The molecule has 1 saturated carbocycles. The molecule has 0 aromatic carbocycles. The Kier molecular flexibility index (Phi) is 6.43. The average Bonchev–Trinajstić information content (AvgIpc) is 2.87. The minimum Gasteiger partial charge on any atom is -0.611 e. The van der Waals surface area contributed by atoms with Gasteiger partial charge in [0, 0.05) is 33.7 Å². The maximum atomic E-state index is 12.3. The van der Waals surface area contributed by atoms with Gasteiger partial charge in [-0.25, -0.2) is 15.0 Å². The molecule has 0 radical (unpaired) electrons. The van der Waals surface area contributed by atoms with Crippen molar-refractivity contribution in [1.82, 2.24) is 20.2 Å². The van der Waals surface area contributed by atoms with E-state index in [4.69, 9.17) is 8.97 Å². The second-order valence-electron chi connectivity index (χ2n) is 5.59. The van der Waals surface area contributed by atoms with Crippen LogP contribution in [-0.2, 0) is 56.8 Å². The van der Waals surface area contributed by atoms with Gasteiger partial charge in [0.25, 0.3) is 0 Å². The van der Waals surface area contributed by atoms with Crippen molar-refractivity contribution < 1.29 is 68.6 Å². The predicted molar refractivity (Wildman–Crippen MR) is 68.9 cm³/mol. The molecule has 1 aromatic rings. The van der Waals surface area contributed by atoms with E-state index in [2.05, 4.69) is 20.9 Å². The van der Waals surface area contributed by atoms with Crippen LogP contribution in [0.3, 0.4) is 0 Å². The van der Waals surface area contributed by atoms with Crippen LogP contribution in [0.5, 0.6) is 0 Å². The van der Waals surface area contributed by atoms with Crippen LogP contribution in [0, 0.1) is 19.2 Å². The molecule has 2 bridgehead atoms. The largest absolute Gasteiger partial charge is 2.00 e. The first kappa shape index (κ1) is 21.7. The first-order valence-electron chi connectivity index (χ1n) is 6.36. The van der Waals surface area contributed by atoms with E-state index in [1.807, 2.05) is 0 Å². The van der Waals surface area contributed by atoms with Crippen molar-refractivity contribution in [2.75, 3.05) is 6.54 Å². The third kappa shape index (κ3) is 3.46. The molecule has 1 aliphatic carbocycles. The Hall–Kier alpha value is -0.343. The first-order valence-corrected chi connectivity index (χ1v) is 7.72. The normalized spacial score (nSPS) is 26.5. The number of urea groups is 1. The molecule has 3 aliphatic rings. The zero-order chi connectivity index (χ0) is 14.8. The van der Waals surface area contributed by atoms with Gasteiger partial charge in [-0.1, -0.05) is 0 Å². The molecule has 13 heteroatoms. The van der Waals surface area contributed by atoms with E-state index in [0.29, 0.717) is 13.0 Å². The maximum Gasteiger partial charge on any atom is 2.00 e. The van der Waals surface area contributed by atoms with Gasteiger partial charge >= 0.3 is 37.5 Å². The Labute approximate surface area is 167 Å². The summed E-state index contributed by atoms with van der Waals surface area (Å²) < 4.78 is 40.2. The number of hydrogen-bond acceptors (Lipinski definition) is 7. The molecular weight excluding hydrogens is 684 g/mol. The molecule has 10 nitrogen and oxygen atoms in total. The van der Waals surface area contributed by atoms with Crippen LogP contribution in [0.4, 0.5) is 4.79 Å². The van der Waals surface area contributed by atoms with Crippen LogP contribution in [0.2, 0.25) is 0 Å². The van der Waals surface area contributed by atoms with Crippen molar-refractivity contribution in [2.24, 2.45) is 5.41 Å². The number of nitrogens with zero attached hydrogens (tertiary/aromatic N) is 4. The number of piperidine rings is 1. The fourth-order valence-corrected chi connectivity index (χ4v) is 3.70. The van der Waals surface area contributed by atoms with Crippen molar-refractivity contribution >= 4 is 16.4 Å². The van der Waals surface area contributed by atoms with Gasteiger partial charge in [0.15, 0.2) is 0 Å². The van der Waals surface area contributed by atoms with Crippen molar-refractivity contribution in [3.05, 3.63) is 19.7 Å². The SMILES string of the molecule is O=C1N(OS(=O)(=O)O)C2CN1[C@H](c1nn[c-]o1)CC21CC1.[CH3-].[W+2].[W]. The molecule has 1 unspecified atom stereocenters. The van der Waals surface area contributed by atoms with Crippen LogP contribution in [0.25, 0.3) is 0 Å². The molecule has 3 heterocycles. The molecule has 2 saturated heterocycles. The number of hydroxylamine groups is 2. The minimum atomic E-state index is -4.75. The summed E-state index contributed by atoms with van der Waals surface area (Å²) in [5.74, 6) is 0.266. The third-order valence-corrected chi connectivity index (χ3v) is 4.81. The summed E-state index contributed by atoms with van der Waals surface area (Å²) in [6, 6.07) is -1.47. The maximum absolute atomic E-state index is 12.3. The second kappa shape index (κ2) is 7.11. The number of hydrogen-bond donors (Lipinski definition) is 1. The van der Waals surface area contributed by atoms with Gasteiger partial charge in [0.05, 0.1) is 18.3 Å². The van der Waals surface area contributed by atoms with E-state index in [9.17, 15) is 13.2 Å². The third-order valence-electron chi connectivity index (χ3n) is 4.46. The fraction of sp³-hybridized carbons (Fsp3) is 0.636. The summed E-state index contributed by atoms with van der Waals surface area (Å²) >= 11 is 0. The summed E-state index contributed by atoms with van der Waals surface area (Å²) in [5, 5.41) is 8.03. The first-order chi connectivity index (χ1) is 9.90. The van der Waals surface area contributed by atoms with E-state index in [0.717, 1.165) is 17.9 Å². The van der Waals surface area contributed by atoms with Gasteiger partial charge in [-0.05, 0) is 24.7 Å². The van der Waals surface area contributed by atoms with Crippen molar-refractivity contribution in [3.8, 4) is 0 Å². The molecule has 24 heavy (non-hydrogen) atoms. The summed E-state index contributed by atoms with van der Waals surface area (Å²) in [7, 11) is -4.75. The Morgan fingerprint density at radius 3 is 2.58 bits per heavy atom. The monoisotopic (exact) mass is 698 g/mol. The predicted octanol–water partition coefficient (Wildman–Crippen LogP) is 0.381. The molecule has 3 fully saturated rings. The van der Waals surface area contributed by atoms with Gasteiger partial charge in [-0.3, -0.25) is 4.55 Å². The van der Waals surface area contributed by atoms with Crippen molar-refractivity contribution in [3.63, 3.8) is 0 Å². The zero-order valence-corrected chi connectivity index (χ0v) is 19.2. The molecule has 1 spiro atoms. The summed E-state index contributed by atoms with van der Waals surface area (Å²) in [6.07, 6.45) is 4.52. The van der Waals surface area contributed by atoms with Crippen LogP contribution < -0.4 is 0 Å².